The van der Waals surface area contributed by atoms with Crippen LogP contribution in [0.25, 0.3) is 0 Å². The zero-order valence-corrected chi connectivity index (χ0v) is 20.1. The fourth-order valence-corrected chi connectivity index (χ4v) is 8.32. The first-order valence-corrected chi connectivity index (χ1v) is 12.3. The third-order valence-corrected chi connectivity index (χ3v) is 9.33. The van der Waals surface area contributed by atoms with Crippen LogP contribution in [-0.2, 0) is 19.1 Å². The van der Waals surface area contributed by atoms with E-state index in [4.69, 9.17) is 9.47 Å². The summed E-state index contributed by atoms with van der Waals surface area (Å²) in [5, 5.41) is 26.5. The Hall–Kier alpha value is -1.54. The SMILES string of the molecule is C=C1C(=O)[C@]23[C@H](O)[C@H]1CC[C@H]2[C@]12C=CCC(C)(C)[C@H]1[C@H](O)[C@@]3(OCCC(=O)NC(C)C)OC2. The molecule has 2 spiro atoms. The number of amides is 1. The Morgan fingerprint density at radius 3 is 2.73 bits per heavy atom. The van der Waals surface area contributed by atoms with Crippen molar-refractivity contribution in [3.05, 3.63) is 24.3 Å². The predicted molar refractivity (Wildman–Crippen MR) is 121 cm³/mol. The van der Waals surface area contributed by atoms with Gasteiger partial charge in [-0.05, 0) is 50.0 Å². The Bertz CT molecular complexity index is 926. The second-order valence-electron chi connectivity index (χ2n) is 11.8. The molecule has 2 heterocycles. The van der Waals surface area contributed by atoms with Gasteiger partial charge in [0.05, 0.1) is 25.7 Å². The van der Waals surface area contributed by atoms with Crippen LogP contribution in [0.5, 0.6) is 0 Å². The van der Waals surface area contributed by atoms with Crippen molar-refractivity contribution < 1.29 is 29.3 Å². The maximum Gasteiger partial charge on any atom is 0.222 e. The van der Waals surface area contributed by atoms with Gasteiger partial charge in [-0.15, -0.1) is 0 Å². The molecule has 0 unspecified atom stereocenters. The van der Waals surface area contributed by atoms with E-state index in [2.05, 4.69) is 37.9 Å². The minimum Gasteiger partial charge on any atom is -0.391 e. The quantitative estimate of drug-likeness (QED) is 0.430. The Labute approximate surface area is 195 Å². The Balaban J connectivity index is 1.62. The third-order valence-electron chi connectivity index (χ3n) is 9.33. The first-order chi connectivity index (χ1) is 15.5. The summed E-state index contributed by atoms with van der Waals surface area (Å²) < 4.78 is 12.8. The highest BCUT2D eigenvalue weighted by atomic mass is 16.7. The van der Waals surface area contributed by atoms with Crippen molar-refractivity contribution in [1.29, 1.82) is 0 Å². The van der Waals surface area contributed by atoms with Crippen LogP contribution in [0.1, 0.15) is 53.4 Å². The van der Waals surface area contributed by atoms with Crippen molar-refractivity contribution >= 4 is 11.7 Å². The highest BCUT2D eigenvalue weighted by Crippen LogP contribution is 2.76. The summed E-state index contributed by atoms with van der Waals surface area (Å²) in [7, 11) is 0. The summed E-state index contributed by atoms with van der Waals surface area (Å²) >= 11 is 0. The molecule has 0 aromatic rings. The van der Waals surface area contributed by atoms with E-state index >= 15 is 0 Å². The summed E-state index contributed by atoms with van der Waals surface area (Å²) in [5.41, 5.74) is -1.83. The fraction of sp³-hybridized carbons (Fsp3) is 0.769. The van der Waals surface area contributed by atoms with Gasteiger partial charge in [0.15, 0.2) is 5.78 Å². The first kappa shape index (κ1) is 23.2. The molecular weight excluding hydrogens is 422 g/mol. The van der Waals surface area contributed by atoms with Gasteiger partial charge in [0, 0.05) is 23.3 Å². The summed E-state index contributed by atoms with van der Waals surface area (Å²) in [6, 6.07) is 0.000870. The second-order valence-corrected chi connectivity index (χ2v) is 11.8. The van der Waals surface area contributed by atoms with Crippen LogP contribution >= 0.6 is 0 Å². The average Bonchev–Trinajstić information content (AvgIpc) is 2.82. The smallest absolute Gasteiger partial charge is 0.222 e. The van der Waals surface area contributed by atoms with Gasteiger partial charge in [-0.3, -0.25) is 9.59 Å². The van der Waals surface area contributed by atoms with Gasteiger partial charge < -0.3 is 25.0 Å². The number of carbonyl (C=O) groups is 2. The van der Waals surface area contributed by atoms with Gasteiger partial charge in [0.25, 0.3) is 0 Å². The minimum absolute atomic E-state index is 0.000870. The fourth-order valence-electron chi connectivity index (χ4n) is 8.32. The van der Waals surface area contributed by atoms with E-state index in [9.17, 15) is 19.8 Å². The van der Waals surface area contributed by atoms with E-state index in [-0.39, 0.29) is 53.9 Å². The van der Waals surface area contributed by atoms with Crippen LogP contribution in [0.4, 0.5) is 0 Å². The van der Waals surface area contributed by atoms with Crippen molar-refractivity contribution in [2.75, 3.05) is 13.2 Å². The number of aliphatic hydroxyl groups excluding tert-OH is 2. The number of carbonyl (C=O) groups excluding carboxylic acids is 2. The number of rotatable bonds is 5. The van der Waals surface area contributed by atoms with Gasteiger partial charge in [-0.2, -0.15) is 0 Å². The van der Waals surface area contributed by atoms with Gasteiger partial charge >= 0.3 is 0 Å². The molecule has 6 rings (SSSR count). The molecule has 0 aromatic carbocycles. The van der Waals surface area contributed by atoms with Crippen molar-refractivity contribution in [2.45, 2.75) is 77.4 Å². The van der Waals surface area contributed by atoms with Crippen LogP contribution in [0, 0.1) is 34.0 Å². The molecule has 1 amide bonds. The monoisotopic (exact) mass is 459 g/mol. The molecule has 4 bridgehead atoms. The van der Waals surface area contributed by atoms with Gasteiger partial charge in [-0.25, -0.2) is 0 Å². The minimum atomic E-state index is -1.71. The second kappa shape index (κ2) is 7.23. The van der Waals surface area contributed by atoms with Gasteiger partial charge in [0.2, 0.25) is 11.7 Å². The molecule has 33 heavy (non-hydrogen) atoms. The maximum atomic E-state index is 13.9. The van der Waals surface area contributed by atoms with E-state index in [0.29, 0.717) is 18.6 Å². The summed E-state index contributed by atoms with van der Waals surface area (Å²) in [4.78, 5) is 26.2. The van der Waals surface area contributed by atoms with E-state index in [0.717, 1.165) is 12.8 Å². The molecule has 0 aromatic heterocycles. The molecule has 8 atom stereocenters. The highest BCUT2D eigenvalue weighted by molar-refractivity contribution is 6.05. The molecule has 0 radical (unpaired) electrons. The van der Waals surface area contributed by atoms with E-state index in [1.54, 1.807) is 0 Å². The first-order valence-electron chi connectivity index (χ1n) is 12.3. The molecule has 5 fully saturated rings. The van der Waals surface area contributed by atoms with Gasteiger partial charge in [0.1, 0.15) is 11.5 Å². The van der Waals surface area contributed by atoms with Crippen molar-refractivity contribution in [1.82, 2.24) is 5.32 Å². The molecule has 2 aliphatic heterocycles. The summed E-state index contributed by atoms with van der Waals surface area (Å²) in [6.07, 6.45) is 4.41. The van der Waals surface area contributed by atoms with Crippen molar-refractivity contribution in [3.63, 3.8) is 0 Å². The highest BCUT2D eigenvalue weighted by Gasteiger charge is 2.86. The number of hydrogen-bond acceptors (Lipinski definition) is 6. The van der Waals surface area contributed by atoms with E-state index in [1.165, 1.54) is 0 Å². The Morgan fingerprint density at radius 1 is 1.30 bits per heavy atom. The summed E-state index contributed by atoms with van der Waals surface area (Å²) in [5.74, 6) is -2.92. The number of allylic oxidation sites excluding steroid dienone is 1. The Morgan fingerprint density at radius 2 is 2.03 bits per heavy atom. The maximum absolute atomic E-state index is 13.9. The van der Waals surface area contributed by atoms with Crippen molar-refractivity contribution in [2.24, 2.45) is 34.0 Å². The Kier molecular flexibility index (Phi) is 5.09. The zero-order chi connectivity index (χ0) is 24.0. The van der Waals surface area contributed by atoms with Crippen LogP contribution in [0.2, 0.25) is 0 Å². The van der Waals surface area contributed by atoms with Crippen LogP contribution in [-0.4, -0.2) is 59.2 Å². The lowest BCUT2D eigenvalue weighted by Crippen LogP contribution is -2.83. The van der Waals surface area contributed by atoms with Gasteiger partial charge in [-0.1, -0.05) is 32.6 Å². The normalized spacial score (nSPS) is 46.9. The molecule has 3 saturated carbocycles. The lowest BCUT2D eigenvalue weighted by Gasteiger charge is -2.73. The number of nitrogens with one attached hydrogen (secondary N) is 1. The largest absolute Gasteiger partial charge is 0.391 e. The van der Waals surface area contributed by atoms with Crippen LogP contribution < -0.4 is 5.32 Å². The van der Waals surface area contributed by atoms with Crippen LogP contribution in [0.3, 0.4) is 0 Å². The molecule has 7 heteroatoms. The molecule has 182 valence electrons. The molecular formula is C26H37NO6. The number of hydrogen-bond donors (Lipinski definition) is 3. The number of ketones is 1. The molecule has 3 N–H and O–H groups in total. The third kappa shape index (κ3) is 2.65. The number of fused-ring (bicyclic) bond motifs is 2. The number of aliphatic hydroxyl groups is 2. The summed E-state index contributed by atoms with van der Waals surface area (Å²) in [6.45, 7) is 12.4. The lowest BCUT2D eigenvalue weighted by atomic mass is 9.37. The standard InChI is InChI=1S/C26H37NO6/c1-14(2)27-18(28)9-12-32-26-22(31)19-23(4,5)10-6-11-24(19,13-33-26)17-8-7-16-15(3)20(29)25(17,26)21(16)30/h6,11,14,16-17,19,21-22,30-31H,3,7-10,12-13H2,1-2,4-5H3,(H,27,28)/t16-,17-,19+,21+,22-,24+,25-,26+/m0/s1. The van der Waals surface area contributed by atoms with Crippen LogP contribution in [0.15, 0.2) is 24.3 Å². The van der Waals surface area contributed by atoms with Crippen molar-refractivity contribution in [3.8, 4) is 0 Å². The molecule has 6 aliphatic rings. The average molecular weight is 460 g/mol. The number of ether oxygens (including phenoxy) is 2. The molecule has 4 aliphatic carbocycles. The van der Waals surface area contributed by atoms with E-state index < -0.39 is 28.8 Å². The zero-order valence-electron chi connectivity index (χ0n) is 20.1. The molecule has 7 nitrogen and oxygen atoms in total. The van der Waals surface area contributed by atoms with E-state index in [1.807, 2.05) is 13.8 Å². The topological polar surface area (TPSA) is 105 Å². The molecule has 2 saturated heterocycles. The predicted octanol–water partition coefficient (Wildman–Crippen LogP) is 2.12. The number of Topliss-reactive ketones (excluding diaryl/α,β-unsaturated/α-hetero) is 1. The lowest BCUT2D eigenvalue weighted by molar-refractivity contribution is -0.447.